The van der Waals surface area contributed by atoms with Crippen molar-refractivity contribution in [3.63, 3.8) is 0 Å². The van der Waals surface area contributed by atoms with Crippen molar-refractivity contribution < 1.29 is 19.1 Å². The zero-order valence-corrected chi connectivity index (χ0v) is 24.1. The molecular formula is C27H42Br2O4. The Balaban J connectivity index is 1.55. The molecule has 0 bridgehead atoms. The van der Waals surface area contributed by atoms with Crippen molar-refractivity contribution in [1.82, 2.24) is 0 Å². The number of hydrogen-bond acceptors (Lipinski definition) is 4. The van der Waals surface area contributed by atoms with Gasteiger partial charge in [-0.2, -0.15) is 0 Å². The number of rotatable bonds is 5. The van der Waals surface area contributed by atoms with Gasteiger partial charge in [-0.15, -0.1) is 0 Å². The lowest BCUT2D eigenvalue weighted by atomic mass is 9.44. The molecular weight excluding hydrogens is 548 g/mol. The molecule has 4 fully saturated rings. The van der Waals surface area contributed by atoms with Crippen LogP contribution in [0.25, 0.3) is 0 Å². The highest BCUT2D eigenvalue weighted by Crippen LogP contribution is 2.70. The topological polar surface area (TPSA) is 52.6 Å². The fourth-order valence-corrected chi connectivity index (χ4v) is 11.7. The van der Waals surface area contributed by atoms with Crippen LogP contribution in [0.4, 0.5) is 0 Å². The Labute approximate surface area is 216 Å². The first-order valence-corrected chi connectivity index (χ1v) is 14.9. The smallest absolute Gasteiger partial charge is 0.305 e. The Morgan fingerprint density at radius 2 is 1.82 bits per heavy atom. The van der Waals surface area contributed by atoms with E-state index in [4.69, 9.17) is 9.47 Å². The van der Waals surface area contributed by atoms with Crippen molar-refractivity contribution in [3.8, 4) is 0 Å². The number of hydrogen-bond donors (Lipinski definition) is 0. The molecule has 0 radical (unpaired) electrons. The van der Waals surface area contributed by atoms with Crippen LogP contribution in [-0.2, 0) is 19.1 Å². The first kappa shape index (κ1) is 26.0. The van der Waals surface area contributed by atoms with Crippen molar-refractivity contribution in [1.29, 1.82) is 0 Å². The third-order valence-corrected chi connectivity index (χ3v) is 14.1. The van der Waals surface area contributed by atoms with Crippen LogP contribution in [0, 0.1) is 46.3 Å². The first-order valence-electron chi connectivity index (χ1n) is 13.1. The van der Waals surface area contributed by atoms with Gasteiger partial charge >= 0.3 is 11.9 Å². The van der Waals surface area contributed by atoms with Gasteiger partial charge in [0.25, 0.3) is 0 Å². The van der Waals surface area contributed by atoms with Gasteiger partial charge in [-0.1, -0.05) is 52.6 Å². The number of ether oxygens (including phenoxy) is 2. The van der Waals surface area contributed by atoms with Gasteiger partial charge in [-0.3, -0.25) is 9.59 Å². The highest BCUT2D eigenvalue weighted by Gasteiger charge is 2.66. The van der Waals surface area contributed by atoms with Gasteiger partial charge < -0.3 is 9.47 Å². The second kappa shape index (κ2) is 9.75. The Kier molecular flexibility index (Phi) is 7.67. The van der Waals surface area contributed by atoms with Crippen LogP contribution in [-0.4, -0.2) is 34.8 Å². The van der Waals surface area contributed by atoms with Gasteiger partial charge in [0.05, 0.1) is 7.11 Å². The molecule has 33 heavy (non-hydrogen) atoms. The molecule has 0 saturated heterocycles. The lowest BCUT2D eigenvalue weighted by Gasteiger charge is -2.64. The minimum Gasteiger partial charge on any atom is -0.469 e. The third kappa shape index (κ3) is 4.36. The van der Waals surface area contributed by atoms with Gasteiger partial charge in [0.15, 0.2) is 0 Å². The Hall–Kier alpha value is -0.100. The minimum absolute atomic E-state index is 0.0883. The second-order valence-electron chi connectivity index (χ2n) is 12.1. The molecule has 0 aliphatic heterocycles. The highest BCUT2D eigenvalue weighted by atomic mass is 79.9. The van der Waals surface area contributed by atoms with Gasteiger partial charge in [0.2, 0.25) is 0 Å². The predicted molar refractivity (Wildman–Crippen MR) is 137 cm³/mol. The summed E-state index contributed by atoms with van der Waals surface area (Å²) in [5, 5.41) is 0. The summed E-state index contributed by atoms with van der Waals surface area (Å²) < 4.78 is 10.6. The van der Waals surface area contributed by atoms with Gasteiger partial charge in [-0.25, -0.2) is 0 Å². The molecule has 0 unspecified atom stereocenters. The minimum atomic E-state index is -0.136. The SMILES string of the molecule is COC(=O)CC[C@H](C)[C@@H]1CC[C@@H]2[C@@H]3CC[C@@H]4C[C@H](OC(C)=O)CC[C@]4(C)[C@@H]3[C@H](Br)[C@@H](Br)[C@]21C. The van der Waals surface area contributed by atoms with Crippen LogP contribution < -0.4 is 0 Å². The average molecular weight is 590 g/mol. The van der Waals surface area contributed by atoms with E-state index in [-0.39, 0.29) is 23.5 Å². The number of esters is 2. The maximum atomic E-state index is 11.8. The van der Waals surface area contributed by atoms with E-state index < -0.39 is 0 Å². The zero-order chi connectivity index (χ0) is 24.1. The van der Waals surface area contributed by atoms with Crippen molar-refractivity contribution in [2.75, 3.05) is 7.11 Å². The van der Waals surface area contributed by atoms with Crippen LogP contribution in [0.2, 0.25) is 0 Å². The lowest BCUT2D eigenvalue weighted by Crippen LogP contribution is -2.62. The van der Waals surface area contributed by atoms with E-state index >= 15 is 0 Å². The summed E-state index contributed by atoms with van der Waals surface area (Å²) in [7, 11) is 1.49. The monoisotopic (exact) mass is 588 g/mol. The molecule has 4 aliphatic rings. The molecule has 188 valence electrons. The third-order valence-electron chi connectivity index (χ3n) is 10.7. The number of halogens is 2. The maximum absolute atomic E-state index is 11.8. The van der Waals surface area contributed by atoms with Gasteiger partial charge in [-0.05, 0) is 97.7 Å². The molecule has 0 N–H and O–H groups in total. The molecule has 0 amide bonds. The summed E-state index contributed by atoms with van der Waals surface area (Å²) in [5.41, 5.74) is 0.540. The standard InChI is InChI=1S/C27H42Br2O4/c1-15(6-11-22(31)32-5)20-9-10-21-19-8-7-17-14-18(33-16(2)30)12-13-26(17,3)23(19)24(28)25(29)27(20,21)4/h15,17-21,23-25H,6-14H2,1-5H3/t15-,17+,18+,19-,20-,21+,23-,24-,25+,26-,27-/m0/s1. The fraction of sp³-hybridized carbons (Fsp3) is 0.926. The quantitative estimate of drug-likeness (QED) is 0.258. The molecule has 4 aliphatic carbocycles. The summed E-state index contributed by atoms with van der Waals surface area (Å²) in [5.74, 6) is 3.69. The lowest BCUT2D eigenvalue weighted by molar-refractivity contribution is -0.158. The van der Waals surface area contributed by atoms with Crippen LogP contribution in [0.5, 0.6) is 0 Å². The zero-order valence-electron chi connectivity index (χ0n) is 20.9. The molecule has 4 saturated carbocycles. The van der Waals surface area contributed by atoms with E-state index in [0.29, 0.717) is 45.2 Å². The molecule has 0 aromatic heterocycles. The second-order valence-corrected chi connectivity index (χ2v) is 14.1. The van der Waals surface area contributed by atoms with Crippen LogP contribution in [0.3, 0.4) is 0 Å². The van der Waals surface area contributed by atoms with E-state index in [1.807, 2.05) is 0 Å². The average Bonchev–Trinajstić information content (AvgIpc) is 3.13. The van der Waals surface area contributed by atoms with E-state index in [1.165, 1.54) is 32.8 Å². The Morgan fingerprint density at radius 3 is 2.48 bits per heavy atom. The molecule has 0 heterocycles. The molecule has 0 spiro atoms. The summed E-state index contributed by atoms with van der Waals surface area (Å²) in [6.45, 7) is 8.98. The molecule has 6 heteroatoms. The first-order chi connectivity index (χ1) is 15.5. The maximum Gasteiger partial charge on any atom is 0.305 e. The van der Waals surface area contributed by atoms with Crippen molar-refractivity contribution in [2.45, 2.75) is 101 Å². The molecule has 4 nitrogen and oxygen atoms in total. The number of carbonyl (C=O) groups excluding carboxylic acids is 2. The van der Waals surface area contributed by atoms with Crippen molar-refractivity contribution >= 4 is 43.8 Å². The summed E-state index contributed by atoms with van der Waals surface area (Å²) >= 11 is 8.52. The van der Waals surface area contributed by atoms with E-state index in [2.05, 4.69) is 52.6 Å². The van der Waals surface area contributed by atoms with Crippen molar-refractivity contribution in [3.05, 3.63) is 0 Å². The molecule has 4 rings (SSSR count). The number of alkyl halides is 2. The number of carbonyl (C=O) groups is 2. The largest absolute Gasteiger partial charge is 0.469 e. The summed E-state index contributed by atoms with van der Waals surface area (Å²) in [4.78, 5) is 24.2. The van der Waals surface area contributed by atoms with Crippen LogP contribution in [0.1, 0.15) is 85.5 Å². The fourth-order valence-electron chi connectivity index (χ4n) is 9.13. The van der Waals surface area contributed by atoms with Gasteiger partial charge in [0, 0.05) is 23.0 Å². The van der Waals surface area contributed by atoms with Crippen LogP contribution in [0.15, 0.2) is 0 Å². The van der Waals surface area contributed by atoms with Crippen LogP contribution >= 0.6 is 31.9 Å². The van der Waals surface area contributed by atoms with Gasteiger partial charge in [0.1, 0.15) is 6.10 Å². The molecule has 11 atom stereocenters. The normalized spacial score (nSPS) is 47.6. The van der Waals surface area contributed by atoms with Crippen molar-refractivity contribution in [2.24, 2.45) is 46.3 Å². The van der Waals surface area contributed by atoms with E-state index in [0.717, 1.165) is 37.5 Å². The Morgan fingerprint density at radius 1 is 1.09 bits per heavy atom. The highest BCUT2D eigenvalue weighted by molar-refractivity contribution is 9.12. The summed E-state index contributed by atoms with van der Waals surface area (Å²) in [6.07, 6.45) is 9.85. The Bertz CT molecular complexity index is 758. The molecule has 0 aromatic carbocycles. The van der Waals surface area contributed by atoms with E-state index in [1.54, 1.807) is 6.92 Å². The summed E-state index contributed by atoms with van der Waals surface area (Å²) in [6, 6.07) is 0. The molecule has 0 aromatic rings. The number of fused-ring (bicyclic) bond motifs is 5. The number of methoxy groups -OCH3 is 1. The predicted octanol–water partition coefficient (Wildman–Crippen LogP) is 6.91. The van der Waals surface area contributed by atoms with E-state index in [9.17, 15) is 9.59 Å².